The van der Waals surface area contributed by atoms with Crippen molar-refractivity contribution in [1.29, 1.82) is 0 Å². The molecule has 0 spiro atoms. The fourth-order valence-corrected chi connectivity index (χ4v) is 2.16. The summed E-state index contributed by atoms with van der Waals surface area (Å²) in [5.41, 5.74) is 0. The van der Waals surface area contributed by atoms with Crippen LogP contribution in [0.4, 0.5) is 0 Å². The Hall–Kier alpha value is -0.880. The minimum atomic E-state index is -3.72. The van der Waals surface area contributed by atoms with Crippen LogP contribution < -0.4 is 0 Å². The molecule has 0 amide bonds. The summed E-state index contributed by atoms with van der Waals surface area (Å²) in [6.07, 6.45) is 3.05. The van der Waals surface area contributed by atoms with E-state index in [1.807, 2.05) is 0 Å². The van der Waals surface area contributed by atoms with Gasteiger partial charge >= 0.3 is 5.97 Å². The average molecular weight is 235 g/mol. The third-order valence-electron chi connectivity index (χ3n) is 2.11. The van der Waals surface area contributed by atoms with Gasteiger partial charge in [-0.25, -0.2) is 12.7 Å². The fourth-order valence-electron chi connectivity index (χ4n) is 0.983. The molecule has 6 heteroatoms. The molecule has 0 heterocycles. The van der Waals surface area contributed by atoms with E-state index in [1.54, 1.807) is 6.08 Å². The number of carboxylic acids is 1. The van der Waals surface area contributed by atoms with Crippen molar-refractivity contribution in [3.63, 3.8) is 0 Å². The summed E-state index contributed by atoms with van der Waals surface area (Å²) < 4.78 is 24.2. The van der Waals surface area contributed by atoms with E-state index in [9.17, 15) is 13.2 Å². The first-order valence-corrected chi connectivity index (χ1v) is 6.13. The van der Waals surface area contributed by atoms with Crippen molar-refractivity contribution in [3.8, 4) is 0 Å². The summed E-state index contributed by atoms with van der Waals surface area (Å²) in [7, 11) is -2.33. The number of rotatable bonds is 7. The van der Waals surface area contributed by atoms with Crippen molar-refractivity contribution in [2.24, 2.45) is 0 Å². The minimum Gasteiger partial charge on any atom is -0.480 e. The molecule has 0 aromatic heterocycles. The van der Waals surface area contributed by atoms with E-state index in [2.05, 4.69) is 6.58 Å². The molecule has 0 bridgehead atoms. The maximum Gasteiger partial charge on any atom is 0.323 e. The highest BCUT2D eigenvalue weighted by atomic mass is 32.2. The third-order valence-corrected chi connectivity index (χ3v) is 4.26. The number of sulfonamides is 1. The Morgan fingerprint density at radius 3 is 2.53 bits per heavy atom. The summed E-state index contributed by atoms with van der Waals surface area (Å²) in [5.74, 6) is -1.33. The van der Waals surface area contributed by atoms with Gasteiger partial charge in [0, 0.05) is 13.6 Å². The highest BCUT2D eigenvalue weighted by molar-refractivity contribution is 7.90. The smallest absolute Gasteiger partial charge is 0.323 e. The molecule has 0 aliphatic carbocycles. The van der Waals surface area contributed by atoms with Crippen molar-refractivity contribution >= 4 is 16.0 Å². The van der Waals surface area contributed by atoms with Crippen LogP contribution in [-0.4, -0.2) is 42.6 Å². The van der Waals surface area contributed by atoms with Gasteiger partial charge in [-0.1, -0.05) is 6.08 Å². The zero-order valence-electron chi connectivity index (χ0n) is 9.01. The lowest BCUT2D eigenvalue weighted by Crippen LogP contribution is -2.39. The summed E-state index contributed by atoms with van der Waals surface area (Å²) >= 11 is 0. The molecular weight excluding hydrogens is 218 g/mol. The number of hydrogen-bond acceptors (Lipinski definition) is 3. The molecule has 0 aromatic rings. The topological polar surface area (TPSA) is 74.7 Å². The summed E-state index contributed by atoms with van der Waals surface area (Å²) in [4.78, 5) is 10.6. The summed E-state index contributed by atoms with van der Waals surface area (Å²) in [6.45, 7) is 5.00. The van der Waals surface area contributed by atoms with Crippen LogP contribution >= 0.6 is 0 Å². The lowest BCUT2D eigenvalue weighted by Gasteiger charge is -2.19. The number of hydrogen-bond donors (Lipinski definition) is 1. The number of unbranched alkanes of at least 4 members (excludes halogenated alkanes) is 1. The van der Waals surface area contributed by atoms with Crippen LogP contribution in [0.15, 0.2) is 12.7 Å². The molecule has 1 atom stereocenters. The second kappa shape index (κ2) is 5.87. The molecule has 0 aromatic carbocycles. The van der Waals surface area contributed by atoms with E-state index in [0.717, 1.165) is 4.31 Å². The van der Waals surface area contributed by atoms with E-state index in [1.165, 1.54) is 14.0 Å². The lowest BCUT2D eigenvalue weighted by molar-refractivity contribution is -0.136. The van der Waals surface area contributed by atoms with E-state index >= 15 is 0 Å². The number of nitrogens with zero attached hydrogens (tertiary/aromatic N) is 1. The monoisotopic (exact) mass is 235 g/mol. The zero-order valence-corrected chi connectivity index (χ0v) is 9.83. The van der Waals surface area contributed by atoms with Gasteiger partial charge in [-0.05, 0) is 19.8 Å². The SMILES string of the molecule is C=CCCCN(C)S(=O)(=O)C(C)C(=O)O. The third kappa shape index (κ3) is 4.01. The van der Waals surface area contributed by atoms with Gasteiger partial charge in [0.05, 0.1) is 0 Å². The van der Waals surface area contributed by atoms with E-state index in [-0.39, 0.29) is 0 Å². The number of carbonyl (C=O) groups is 1. The Morgan fingerprint density at radius 1 is 1.60 bits per heavy atom. The number of allylic oxidation sites excluding steroid dienone is 1. The molecular formula is C9H17NO4S. The van der Waals surface area contributed by atoms with E-state index in [4.69, 9.17) is 5.11 Å². The molecule has 1 N–H and O–H groups in total. The van der Waals surface area contributed by atoms with Gasteiger partial charge in [-0.15, -0.1) is 6.58 Å². The Bertz CT molecular complexity index is 323. The van der Waals surface area contributed by atoms with Crippen LogP contribution in [0.3, 0.4) is 0 Å². The molecule has 15 heavy (non-hydrogen) atoms. The molecule has 0 radical (unpaired) electrons. The quantitative estimate of drug-likeness (QED) is 0.520. The first kappa shape index (κ1) is 14.1. The second-order valence-corrected chi connectivity index (χ2v) is 5.64. The van der Waals surface area contributed by atoms with Crippen molar-refractivity contribution in [2.75, 3.05) is 13.6 Å². The molecule has 88 valence electrons. The maximum absolute atomic E-state index is 11.6. The molecule has 0 aliphatic heterocycles. The highest BCUT2D eigenvalue weighted by Gasteiger charge is 2.31. The van der Waals surface area contributed by atoms with Crippen LogP contribution in [0.2, 0.25) is 0 Å². The summed E-state index contributed by atoms with van der Waals surface area (Å²) in [6, 6.07) is 0. The maximum atomic E-state index is 11.6. The Labute approximate surface area is 90.4 Å². The summed E-state index contributed by atoms with van der Waals surface area (Å²) in [5, 5.41) is 7.22. The van der Waals surface area contributed by atoms with Crippen molar-refractivity contribution in [3.05, 3.63) is 12.7 Å². The molecule has 0 fully saturated rings. The molecule has 1 unspecified atom stereocenters. The van der Waals surface area contributed by atoms with Crippen molar-refractivity contribution < 1.29 is 18.3 Å². The highest BCUT2D eigenvalue weighted by Crippen LogP contribution is 2.08. The molecule has 0 aliphatic rings. The van der Waals surface area contributed by atoms with E-state index in [0.29, 0.717) is 19.4 Å². The largest absolute Gasteiger partial charge is 0.480 e. The van der Waals surface area contributed by atoms with Gasteiger partial charge < -0.3 is 5.11 Å². The molecule has 0 saturated heterocycles. The zero-order chi connectivity index (χ0) is 12.1. The van der Waals surface area contributed by atoms with Crippen LogP contribution in [-0.2, 0) is 14.8 Å². The van der Waals surface area contributed by atoms with Crippen LogP contribution in [0.5, 0.6) is 0 Å². The van der Waals surface area contributed by atoms with Gasteiger partial charge in [0.25, 0.3) is 0 Å². The van der Waals surface area contributed by atoms with Crippen LogP contribution in [0, 0.1) is 0 Å². The number of carboxylic acid groups (broad SMARTS) is 1. The fraction of sp³-hybridized carbons (Fsp3) is 0.667. The Kier molecular flexibility index (Phi) is 5.53. The number of aliphatic carboxylic acids is 1. The van der Waals surface area contributed by atoms with Gasteiger partial charge in [-0.2, -0.15) is 0 Å². The minimum absolute atomic E-state index is 0.311. The molecule has 0 rings (SSSR count). The Balaban J connectivity index is 4.45. The van der Waals surface area contributed by atoms with Crippen LogP contribution in [0.1, 0.15) is 19.8 Å². The first-order valence-electron chi connectivity index (χ1n) is 4.63. The lowest BCUT2D eigenvalue weighted by atomic mass is 10.3. The van der Waals surface area contributed by atoms with Crippen molar-refractivity contribution in [2.45, 2.75) is 25.0 Å². The van der Waals surface area contributed by atoms with Gasteiger partial charge in [0.2, 0.25) is 10.0 Å². The van der Waals surface area contributed by atoms with Crippen molar-refractivity contribution in [1.82, 2.24) is 4.31 Å². The first-order chi connectivity index (χ1) is 6.84. The second-order valence-electron chi connectivity index (χ2n) is 3.28. The predicted octanol–water partition coefficient (Wildman–Crippen LogP) is 0.687. The normalized spacial score (nSPS) is 13.8. The standard InChI is InChI=1S/C9H17NO4S/c1-4-5-6-7-10(3)15(13,14)8(2)9(11)12/h4,8H,1,5-7H2,2-3H3,(H,11,12). The molecule has 0 saturated carbocycles. The van der Waals surface area contributed by atoms with Gasteiger partial charge in [0.1, 0.15) is 0 Å². The average Bonchev–Trinajstić information content (AvgIpc) is 2.16. The van der Waals surface area contributed by atoms with Gasteiger partial charge in [0.15, 0.2) is 5.25 Å². The van der Waals surface area contributed by atoms with E-state index < -0.39 is 21.2 Å². The predicted molar refractivity (Wildman–Crippen MR) is 58.1 cm³/mol. The van der Waals surface area contributed by atoms with Gasteiger partial charge in [-0.3, -0.25) is 4.79 Å². The Morgan fingerprint density at radius 2 is 2.13 bits per heavy atom. The van der Waals surface area contributed by atoms with Crippen LogP contribution in [0.25, 0.3) is 0 Å². The molecule has 5 nitrogen and oxygen atoms in total.